The fourth-order valence-electron chi connectivity index (χ4n) is 9.55. The number of nitrogens with one attached hydrogen (secondary N) is 5. The van der Waals surface area contributed by atoms with E-state index in [-0.39, 0.29) is 32.8 Å². The SMILES string of the molecule is C.C.CC(C)(C)OC(=O)N1CCC(=O)CC1.CC(C)(C)OC(=O)N1CCC(N2CCCC2c2ccn[nH]2)CC1.O=CC(F)(F)F.c1cc(C2CCCN2)[nH]n1.c1cc(C2CCCN2C2CCNCC2)[nH]n1. The molecule has 9 heterocycles. The number of aromatic nitrogens is 6. The van der Waals surface area contributed by atoms with Gasteiger partial charge in [0.2, 0.25) is 6.29 Å². The van der Waals surface area contributed by atoms with Crippen LogP contribution in [0.1, 0.15) is 169 Å². The van der Waals surface area contributed by atoms with Crippen LogP contribution >= 0.6 is 0 Å². The van der Waals surface area contributed by atoms with E-state index in [2.05, 4.69) is 63.2 Å². The van der Waals surface area contributed by atoms with Crippen LogP contribution in [0.5, 0.6) is 0 Å². The van der Waals surface area contributed by atoms with Crippen LogP contribution < -0.4 is 10.6 Å². The Balaban J connectivity index is 0.000000247. The Morgan fingerprint density at radius 1 is 0.606 bits per heavy atom. The van der Waals surface area contributed by atoms with E-state index in [1.54, 1.807) is 11.1 Å². The Morgan fingerprint density at radius 3 is 1.41 bits per heavy atom. The molecule has 18 nitrogen and oxygen atoms in total. The van der Waals surface area contributed by atoms with Crippen molar-refractivity contribution in [3.63, 3.8) is 0 Å². The maximum atomic E-state index is 12.2. The topological polar surface area (TPSA) is 210 Å². The molecule has 6 aliphatic rings. The molecule has 6 aliphatic heterocycles. The third-order valence-corrected chi connectivity index (χ3v) is 12.8. The highest BCUT2D eigenvalue weighted by Crippen LogP contribution is 2.36. The average molecular weight is 1010 g/mol. The van der Waals surface area contributed by atoms with E-state index >= 15 is 0 Å². The fraction of sp³-hybridized carbons (Fsp3) is 0.740. The zero-order valence-corrected chi connectivity index (χ0v) is 41.5. The van der Waals surface area contributed by atoms with Gasteiger partial charge in [0.05, 0.1) is 29.2 Å². The van der Waals surface area contributed by atoms with Crippen molar-refractivity contribution < 1.29 is 41.8 Å². The second-order valence-electron chi connectivity index (χ2n) is 20.3. The number of aromatic amines is 3. The third-order valence-electron chi connectivity index (χ3n) is 12.8. The molecule has 3 atom stereocenters. The van der Waals surface area contributed by atoms with Crippen LogP contribution in [0.3, 0.4) is 0 Å². The molecule has 6 saturated heterocycles. The van der Waals surface area contributed by atoms with E-state index in [0.717, 1.165) is 45.1 Å². The minimum absolute atomic E-state index is 0. The summed E-state index contributed by atoms with van der Waals surface area (Å²) in [4.78, 5) is 52.0. The number of halogens is 3. The lowest BCUT2D eigenvalue weighted by molar-refractivity contribution is -0.156. The highest BCUT2D eigenvalue weighted by molar-refractivity contribution is 5.81. The second kappa shape index (κ2) is 29.0. The fourth-order valence-corrected chi connectivity index (χ4v) is 9.55. The molecule has 3 unspecified atom stereocenters. The first-order chi connectivity index (χ1) is 32.8. The number of hydrogen-bond donors (Lipinski definition) is 5. The van der Waals surface area contributed by atoms with Crippen molar-refractivity contribution in [3.05, 3.63) is 53.9 Å². The molecule has 0 aliphatic carbocycles. The molecular formula is C50H85F3N12O6. The van der Waals surface area contributed by atoms with E-state index in [1.165, 1.54) is 88.1 Å². The van der Waals surface area contributed by atoms with E-state index in [9.17, 15) is 27.6 Å². The lowest BCUT2D eigenvalue weighted by Gasteiger charge is -2.39. The van der Waals surface area contributed by atoms with Crippen molar-refractivity contribution in [2.45, 2.75) is 181 Å². The molecule has 5 N–H and O–H groups in total. The number of H-pyrrole nitrogens is 3. The van der Waals surface area contributed by atoms with E-state index in [4.69, 9.17) is 14.3 Å². The summed E-state index contributed by atoms with van der Waals surface area (Å²) in [5.74, 6) is 0.227. The van der Waals surface area contributed by atoms with E-state index in [0.29, 0.717) is 50.1 Å². The Morgan fingerprint density at radius 2 is 1.03 bits per heavy atom. The molecule has 21 heteroatoms. The molecule has 2 amide bonds. The number of ether oxygens (including phenoxy) is 2. The van der Waals surface area contributed by atoms with E-state index in [1.807, 2.05) is 64.9 Å². The number of likely N-dealkylation sites (tertiary alicyclic amines) is 4. The minimum atomic E-state index is -4.64. The molecule has 3 aromatic heterocycles. The van der Waals surface area contributed by atoms with Gasteiger partial charge in [-0.3, -0.25) is 34.7 Å². The van der Waals surface area contributed by atoms with Crippen molar-refractivity contribution in [2.24, 2.45) is 0 Å². The van der Waals surface area contributed by atoms with Crippen molar-refractivity contribution in [1.82, 2.24) is 60.8 Å². The maximum Gasteiger partial charge on any atom is 0.446 e. The van der Waals surface area contributed by atoms with Crippen molar-refractivity contribution in [2.75, 3.05) is 58.9 Å². The third kappa shape index (κ3) is 20.7. The van der Waals surface area contributed by atoms with E-state index < -0.39 is 23.7 Å². The Kier molecular flexibility index (Phi) is 24.7. The lowest BCUT2D eigenvalue weighted by atomic mass is 10.0. The number of hydrogen-bond acceptors (Lipinski definition) is 13. The minimum Gasteiger partial charge on any atom is -0.444 e. The molecule has 6 fully saturated rings. The summed E-state index contributed by atoms with van der Waals surface area (Å²) in [6.45, 7) is 19.7. The Bertz CT molecular complexity index is 1930. The summed E-state index contributed by atoms with van der Waals surface area (Å²) in [6, 6.07) is 9.14. The molecule has 9 rings (SSSR count). The second-order valence-corrected chi connectivity index (χ2v) is 20.3. The number of rotatable bonds is 5. The molecule has 0 aromatic carbocycles. The van der Waals surface area contributed by atoms with Gasteiger partial charge in [-0.15, -0.1) is 0 Å². The first-order valence-electron chi connectivity index (χ1n) is 24.7. The molecule has 402 valence electrons. The van der Waals surface area contributed by atoms with Gasteiger partial charge in [0.25, 0.3) is 0 Å². The van der Waals surface area contributed by atoms with Gasteiger partial charge in [-0.25, -0.2) is 9.59 Å². The van der Waals surface area contributed by atoms with Crippen LogP contribution in [0.2, 0.25) is 0 Å². The molecule has 71 heavy (non-hydrogen) atoms. The zero-order chi connectivity index (χ0) is 50.0. The number of piperidine rings is 3. The Labute approximate surface area is 419 Å². The van der Waals surface area contributed by atoms with Crippen LogP contribution in [0, 0.1) is 0 Å². The Hall–Kier alpha value is -4.86. The van der Waals surface area contributed by atoms with Gasteiger partial charge < -0.3 is 29.9 Å². The van der Waals surface area contributed by atoms with Crippen LogP contribution in [-0.2, 0) is 19.1 Å². The van der Waals surface area contributed by atoms with Gasteiger partial charge in [0, 0.05) is 75.7 Å². The summed E-state index contributed by atoms with van der Waals surface area (Å²) < 4.78 is 41.9. The summed E-state index contributed by atoms with van der Waals surface area (Å²) in [6.07, 6.45) is 12.4. The number of aldehydes is 1. The molecule has 0 saturated carbocycles. The highest BCUT2D eigenvalue weighted by atomic mass is 19.4. The van der Waals surface area contributed by atoms with Gasteiger partial charge in [0.1, 0.15) is 17.0 Å². The van der Waals surface area contributed by atoms with Gasteiger partial charge in [-0.2, -0.15) is 28.5 Å². The summed E-state index contributed by atoms with van der Waals surface area (Å²) in [5, 5.41) is 28.1. The van der Waals surface area contributed by atoms with Gasteiger partial charge in [-0.1, -0.05) is 14.9 Å². The van der Waals surface area contributed by atoms with Crippen LogP contribution in [0.25, 0.3) is 0 Å². The van der Waals surface area contributed by atoms with Crippen LogP contribution in [0.4, 0.5) is 22.8 Å². The number of carbonyl (C=O) groups is 4. The van der Waals surface area contributed by atoms with Crippen LogP contribution in [0.15, 0.2) is 36.8 Å². The molecular weight excluding hydrogens is 922 g/mol. The number of alkyl halides is 3. The summed E-state index contributed by atoms with van der Waals surface area (Å²) >= 11 is 0. The normalized spacial score (nSPS) is 22.4. The van der Waals surface area contributed by atoms with Crippen LogP contribution in [-0.4, -0.2) is 163 Å². The maximum absolute atomic E-state index is 12.2. The first-order valence-corrected chi connectivity index (χ1v) is 24.7. The monoisotopic (exact) mass is 1010 g/mol. The predicted octanol–water partition coefficient (Wildman–Crippen LogP) is 8.69. The summed E-state index contributed by atoms with van der Waals surface area (Å²) in [7, 11) is 0. The van der Waals surface area contributed by atoms with Gasteiger partial charge >= 0.3 is 18.4 Å². The first kappa shape index (κ1) is 60.4. The van der Waals surface area contributed by atoms with Crippen molar-refractivity contribution in [1.29, 1.82) is 0 Å². The molecule has 0 spiro atoms. The van der Waals surface area contributed by atoms with Gasteiger partial charge in [0.15, 0.2) is 0 Å². The summed E-state index contributed by atoms with van der Waals surface area (Å²) in [5.41, 5.74) is 2.86. The predicted molar refractivity (Wildman–Crippen MR) is 267 cm³/mol. The number of nitrogens with zero attached hydrogens (tertiary/aromatic N) is 7. The molecule has 3 aromatic rings. The van der Waals surface area contributed by atoms with Crippen molar-refractivity contribution >= 4 is 24.3 Å². The largest absolute Gasteiger partial charge is 0.446 e. The van der Waals surface area contributed by atoms with Crippen molar-refractivity contribution in [3.8, 4) is 0 Å². The van der Waals surface area contributed by atoms with Gasteiger partial charge in [-0.05, 0) is 157 Å². The number of amides is 2. The number of ketones is 1. The quantitative estimate of drug-likeness (QED) is 0.152. The average Bonchev–Trinajstić information content (AvgIpc) is 4.16. The number of Topliss-reactive ketones (excluding diaryl/α,β-unsaturated/α-hetero) is 1. The zero-order valence-electron chi connectivity index (χ0n) is 41.5. The molecule has 0 bridgehead atoms. The molecule has 0 radical (unpaired) electrons. The smallest absolute Gasteiger partial charge is 0.444 e. The lowest BCUT2D eigenvalue weighted by Crippen LogP contribution is -2.47. The standard InChI is InChI=1S/C17H28N4O2.C12H20N4.C10H17NO3.C7H11N3.C2HF3O.2CH4/c1-17(2,3)23-16(22)20-11-7-13(8-12-20)21-10-4-5-15(21)14-6-9-18-19-14;1-2-12(11-5-8-14-15-11)16(9-1)10-3-6-13-7-4-10;1-10(2,3)14-9(13)11-6-4-8(12)5-7-11;1-2-6(8-4-1)7-3-5-9-10-7;3-2(4,5)1-6;;/h6,9,13,15H,4-5,7-8,10-12H2,1-3H3,(H,18,19);5,8,10,12-13H,1-4,6-7,9H2,(H,14,15);4-7H2,1-3H3;3,5-6,8H,1-2,4H2,(H,9,10);1H;2*1H4. The number of carbonyl (C=O) groups excluding carboxylic acids is 4. The highest BCUT2D eigenvalue weighted by Gasteiger charge is 2.36.